The van der Waals surface area contributed by atoms with E-state index in [0.717, 1.165) is 25.6 Å². The molecule has 4 unspecified atom stereocenters. The molecule has 3 nitrogen and oxygen atoms in total. The Bertz CT molecular complexity index is 289. The van der Waals surface area contributed by atoms with Gasteiger partial charge in [0.25, 0.3) is 0 Å². The predicted molar refractivity (Wildman–Crippen MR) is 85.1 cm³/mol. The fourth-order valence-electron chi connectivity index (χ4n) is 3.49. The van der Waals surface area contributed by atoms with Gasteiger partial charge in [-0.2, -0.15) is 0 Å². The average Bonchev–Trinajstić information content (AvgIpc) is 2.50. The van der Waals surface area contributed by atoms with Crippen LogP contribution in [0.3, 0.4) is 0 Å². The molecular formula is C17H34N2O. The van der Waals surface area contributed by atoms with Crippen LogP contribution in [0.4, 0.5) is 0 Å². The fraction of sp³-hybridized carbons (Fsp3) is 1.00. The van der Waals surface area contributed by atoms with Crippen molar-refractivity contribution in [2.75, 3.05) is 26.2 Å². The highest BCUT2D eigenvalue weighted by atomic mass is 16.5. The molecule has 2 aliphatic rings. The van der Waals surface area contributed by atoms with Crippen molar-refractivity contribution in [1.29, 1.82) is 0 Å². The Labute approximate surface area is 125 Å². The molecule has 0 aromatic rings. The second-order valence-corrected chi connectivity index (χ2v) is 7.12. The van der Waals surface area contributed by atoms with Crippen LogP contribution < -0.4 is 5.32 Å². The average molecular weight is 282 g/mol. The van der Waals surface area contributed by atoms with Crippen molar-refractivity contribution in [2.24, 2.45) is 5.92 Å². The number of ether oxygens (including phenoxy) is 1. The molecule has 0 saturated carbocycles. The molecule has 2 fully saturated rings. The highest BCUT2D eigenvalue weighted by molar-refractivity contribution is 4.97. The van der Waals surface area contributed by atoms with E-state index >= 15 is 0 Å². The van der Waals surface area contributed by atoms with E-state index in [4.69, 9.17) is 4.74 Å². The van der Waals surface area contributed by atoms with E-state index < -0.39 is 0 Å². The fourth-order valence-corrected chi connectivity index (χ4v) is 3.49. The first kappa shape index (κ1) is 16.3. The second-order valence-electron chi connectivity index (χ2n) is 7.12. The summed E-state index contributed by atoms with van der Waals surface area (Å²) in [5.74, 6) is 0.756. The zero-order chi connectivity index (χ0) is 14.6. The minimum atomic E-state index is 0.296. The van der Waals surface area contributed by atoms with E-state index in [2.05, 4.69) is 37.9 Å². The van der Waals surface area contributed by atoms with Gasteiger partial charge in [0.1, 0.15) is 0 Å². The minimum absolute atomic E-state index is 0.296. The molecular weight excluding hydrogens is 248 g/mol. The van der Waals surface area contributed by atoms with Crippen molar-refractivity contribution in [3.05, 3.63) is 0 Å². The first-order valence-corrected chi connectivity index (χ1v) is 8.69. The standard InChI is InChI=1S/C17H34N2O/c1-5-14(3)16-12-19(17(4,6-2)13-18-16)11-15-9-7-8-10-20-15/h14-16,18H,5-13H2,1-4H3. The molecule has 2 rings (SSSR count). The van der Waals surface area contributed by atoms with Crippen molar-refractivity contribution in [3.63, 3.8) is 0 Å². The Morgan fingerprint density at radius 2 is 2.15 bits per heavy atom. The molecule has 2 saturated heterocycles. The van der Waals surface area contributed by atoms with E-state index in [1.54, 1.807) is 0 Å². The van der Waals surface area contributed by atoms with Crippen LogP contribution in [0.15, 0.2) is 0 Å². The van der Waals surface area contributed by atoms with Crippen LogP contribution >= 0.6 is 0 Å². The smallest absolute Gasteiger partial charge is 0.0702 e. The molecule has 0 aromatic carbocycles. The van der Waals surface area contributed by atoms with Gasteiger partial charge < -0.3 is 10.1 Å². The monoisotopic (exact) mass is 282 g/mol. The molecule has 0 radical (unpaired) electrons. The Hall–Kier alpha value is -0.120. The lowest BCUT2D eigenvalue weighted by atomic mass is 9.87. The summed E-state index contributed by atoms with van der Waals surface area (Å²) in [5.41, 5.74) is 0.296. The van der Waals surface area contributed by atoms with E-state index in [1.807, 2.05) is 0 Å². The van der Waals surface area contributed by atoms with Gasteiger partial charge in [-0.3, -0.25) is 4.90 Å². The van der Waals surface area contributed by atoms with Gasteiger partial charge in [0, 0.05) is 37.8 Å². The maximum absolute atomic E-state index is 5.98. The SMILES string of the molecule is CCC(C)C1CN(CC2CCCCO2)C(C)(CC)CN1. The Morgan fingerprint density at radius 1 is 1.35 bits per heavy atom. The van der Waals surface area contributed by atoms with E-state index in [-0.39, 0.29) is 0 Å². The molecule has 20 heavy (non-hydrogen) atoms. The molecule has 2 aliphatic heterocycles. The third-order valence-corrected chi connectivity index (χ3v) is 5.72. The molecule has 0 spiro atoms. The molecule has 4 atom stereocenters. The summed E-state index contributed by atoms with van der Waals surface area (Å²) < 4.78 is 5.98. The molecule has 118 valence electrons. The van der Waals surface area contributed by atoms with Crippen molar-refractivity contribution in [3.8, 4) is 0 Å². The molecule has 0 amide bonds. The van der Waals surface area contributed by atoms with Gasteiger partial charge in [-0.25, -0.2) is 0 Å². The molecule has 3 heteroatoms. The normalized spacial score (nSPS) is 37.8. The summed E-state index contributed by atoms with van der Waals surface area (Å²) >= 11 is 0. The quantitative estimate of drug-likeness (QED) is 0.839. The third-order valence-electron chi connectivity index (χ3n) is 5.72. The molecule has 0 aliphatic carbocycles. The Balaban J connectivity index is 1.99. The molecule has 0 aromatic heterocycles. The zero-order valence-corrected chi connectivity index (χ0v) is 14.0. The van der Waals surface area contributed by atoms with Gasteiger partial charge in [0.05, 0.1) is 6.10 Å². The number of rotatable bonds is 5. The predicted octanol–water partition coefficient (Wildman–Crippen LogP) is 3.04. The van der Waals surface area contributed by atoms with Gasteiger partial charge in [0.2, 0.25) is 0 Å². The van der Waals surface area contributed by atoms with Crippen molar-refractivity contribution in [1.82, 2.24) is 10.2 Å². The first-order valence-electron chi connectivity index (χ1n) is 8.69. The van der Waals surface area contributed by atoms with Crippen LogP contribution in [0.1, 0.15) is 59.8 Å². The lowest BCUT2D eigenvalue weighted by molar-refractivity contribution is -0.0462. The number of nitrogens with one attached hydrogen (secondary N) is 1. The summed E-state index contributed by atoms with van der Waals surface area (Å²) in [5, 5.41) is 3.80. The Morgan fingerprint density at radius 3 is 2.75 bits per heavy atom. The van der Waals surface area contributed by atoms with Crippen LogP contribution in [0.5, 0.6) is 0 Å². The van der Waals surface area contributed by atoms with Crippen LogP contribution in [0, 0.1) is 5.92 Å². The summed E-state index contributed by atoms with van der Waals surface area (Å²) in [7, 11) is 0. The van der Waals surface area contributed by atoms with Crippen LogP contribution in [-0.4, -0.2) is 48.8 Å². The lowest BCUT2D eigenvalue weighted by Crippen LogP contribution is -2.65. The van der Waals surface area contributed by atoms with E-state index in [0.29, 0.717) is 17.7 Å². The number of hydrogen-bond donors (Lipinski definition) is 1. The van der Waals surface area contributed by atoms with Crippen molar-refractivity contribution < 1.29 is 4.74 Å². The summed E-state index contributed by atoms with van der Waals surface area (Å²) in [6.45, 7) is 13.8. The van der Waals surface area contributed by atoms with Crippen LogP contribution in [-0.2, 0) is 4.74 Å². The van der Waals surface area contributed by atoms with Gasteiger partial charge >= 0.3 is 0 Å². The topological polar surface area (TPSA) is 24.5 Å². The largest absolute Gasteiger partial charge is 0.377 e. The van der Waals surface area contributed by atoms with Crippen LogP contribution in [0.2, 0.25) is 0 Å². The lowest BCUT2D eigenvalue weighted by Gasteiger charge is -2.50. The summed E-state index contributed by atoms with van der Waals surface area (Å²) in [6, 6.07) is 0.642. The number of hydrogen-bond acceptors (Lipinski definition) is 3. The van der Waals surface area contributed by atoms with Gasteiger partial charge in [-0.05, 0) is 38.5 Å². The summed E-state index contributed by atoms with van der Waals surface area (Å²) in [6.07, 6.45) is 6.77. The van der Waals surface area contributed by atoms with Crippen LogP contribution in [0.25, 0.3) is 0 Å². The molecule has 1 N–H and O–H groups in total. The second kappa shape index (κ2) is 7.24. The Kier molecular flexibility index (Phi) is 5.88. The van der Waals surface area contributed by atoms with Gasteiger partial charge in [-0.15, -0.1) is 0 Å². The zero-order valence-electron chi connectivity index (χ0n) is 14.0. The highest BCUT2D eigenvalue weighted by Crippen LogP contribution is 2.27. The van der Waals surface area contributed by atoms with Crippen molar-refractivity contribution >= 4 is 0 Å². The highest BCUT2D eigenvalue weighted by Gasteiger charge is 2.38. The minimum Gasteiger partial charge on any atom is -0.377 e. The summed E-state index contributed by atoms with van der Waals surface area (Å²) in [4.78, 5) is 2.72. The van der Waals surface area contributed by atoms with E-state index in [1.165, 1.54) is 38.6 Å². The maximum atomic E-state index is 5.98. The number of piperazine rings is 1. The number of nitrogens with zero attached hydrogens (tertiary/aromatic N) is 1. The first-order chi connectivity index (χ1) is 9.59. The maximum Gasteiger partial charge on any atom is 0.0702 e. The van der Waals surface area contributed by atoms with E-state index in [9.17, 15) is 0 Å². The molecule has 0 bridgehead atoms. The van der Waals surface area contributed by atoms with Gasteiger partial charge in [-0.1, -0.05) is 27.2 Å². The molecule has 2 heterocycles. The third kappa shape index (κ3) is 3.75. The van der Waals surface area contributed by atoms with Crippen molar-refractivity contribution in [2.45, 2.75) is 77.5 Å². The van der Waals surface area contributed by atoms with Gasteiger partial charge in [0.15, 0.2) is 0 Å².